The van der Waals surface area contributed by atoms with Gasteiger partial charge in [-0.1, -0.05) is 65.3 Å². The number of esters is 2. The minimum absolute atomic E-state index is 0.180. The lowest BCUT2D eigenvalue weighted by atomic mass is 10.1. The Kier molecular flexibility index (Phi) is 7.83. The molecule has 0 fully saturated rings. The molecule has 0 aliphatic rings. The van der Waals surface area contributed by atoms with Crippen LogP contribution in [0.25, 0.3) is 11.0 Å². The number of nitrogens with two attached hydrogens (primary N) is 2. The van der Waals surface area contributed by atoms with Gasteiger partial charge in [0.15, 0.2) is 12.1 Å². The number of rotatable bonds is 10. The van der Waals surface area contributed by atoms with Crippen molar-refractivity contribution < 1.29 is 23.7 Å². The van der Waals surface area contributed by atoms with Gasteiger partial charge in [-0.3, -0.25) is 19.0 Å². The van der Waals surface area contributed by atoms with Gasteiger partial charge in [-0.05, 0) is 24.0 Å². The Bertz CT molecular complexity index is 1390. The van der Waals surface area contributed by atoms with E-state index in [0.717, 1.165) is 15.7 Å². The van der Waals surface area contributed by atoms with Crippen molar-refractivity contribution in [3.8, 4) is 0 Å². The van der Waals surface area contributed by atoms with Crippen LogP contribution in [0.1, 0.15) is 11.1 Å². The van der Waals surface area contributed by atoms with E-state index in [-0.39, 0.29) is 24.5 Å². The Morgan fingerprint density at radius 1 is 0.917 bits per heavy atom. The molecule has 11 heteroatoms. The zero-order chi connectivity index (χ0) is 25.5. The molecule has 0 saturated carbocycles. The molecule has 2 unspecified atom stereocenters. The van der Waals surface area contributed by atoms with Gasteiger partial charge in [0, 0.05) is 0 Å². The second-order valence-electron chi connectivity index (χ2n) is 8.27. The first-order valence-corrected chi connectivity index (χ1v) is 11.3. The molecule has 2 aromatic heterocycles. The number of hydrogen-bond acceptors (Lipinski definition) is 8. The van der Waals surface area contributed by atoms with Gasteiger partial charge in [0.1, 0.15) is 18.4 Å². The van der Waals surface area contributed by atoms with Crippen molar-refractivity contribution in [2.45, 2.75) is 38.4 Å². The van der Waals surface area contributed by atoms with Crippen LogP contribution in [0.15, 0.2) is 78.0 Å². The van der Waals surface area contributed by atoms with Crippen LogP contribution in [0, 0.1) is 0 Å². The van der Waals surface area contributed by atoms with Gasteiger partial charge in [-0.2, -0.15) is 0 Å². The molecule has 2 aromatic carbocycles. The first-order chi connectivity index (χ1) is 17.4. The van der Waals surface area contributed by atoms with E-state index in [2.05, 4.69) is 10.1 Å². The van der Waals surface area contributed by atoms with E-state index in [9.17, 15) is 14.4 Å². The minimum atomic E-state index is -0.864. The van der Waals surface area contributed by atoms with E-state index in [1.807, 2.05) is 60.7 Å². The Balaban J connectivity index is 1.33. The van der Waals surface area contributed by atoms with Crippen LogP contribution in [0.3, 0.4) is 0 Å². The molecule has 0 radical (unpaired) electrons. The fraction of sp³-hybridized carbons (Fsp3) is 0.240. The quantitative estimate of drug-likeness (QED) is 0.209. The van der Waals surface area contributed by atoms with Gasteiger partial charge in [-0.25, -0.2) is 4.98 Å². The zero-order valence-corrected chi connectivity index (χ0v) is 19.4. The number of nitrogens with zero attached hydrogens (tertiary/aromatic N) is 3. The van der Waals surface area contributed by atoms with Gasteiger partial charge in [0.25, 0.3) is 5.56 Å². The standard InChI is InChI=1S/C25H26N6O5/c26-20(11-17-7-3-1-4-8-17)24(33)35-15-30-14-28-22-19(23(30)32)13-31(29-22)16-36-25(34)21(27)12-18-9-5-2-6-10-18/h1-10,13-14,20-21H,11-12,15-16,26-27H2/p+1. The molecule has 4 rings (SSSR count). The number of nitrogens with one attached hydrogen (secondary N) is 1. The van der Waals surface area contributed by atoms with Crippen LogP contribution in [0.5, 0.6) is 0 Å². The Labute approximate surface area is 206 Å². The van der Waals surface area contributed by atoms with Gasteiger partial charge in [0.2, 0.25) is 11.8 Å². The van der Waals surface area contributed by atoms with Crippen LogP contribution in [0.4, 0.5) is 0 Å². The van der Waals surface area contributed by atoms with E-state index in [4.69, 9.17) is 20.9 Å². The smallest absolute Gasteiger partial charge is 0.328 e. The summed E-state index contributed by atoms with van der Waals surface area (Å²) in [7, 11) is 0. The number of benzene rings is 2. The number of ether oxygens (including phenoxy) is 2. The average Bonchev–Trinajstić information content (AvgIpc) is 3.32. The third-order valence-electron chi connectivity index (χ3n) is 5.50. The Morgan fingerprint density at radius 3 is 2.06 bits per heavy atom. The van der Waals surface area contributed by atoms with Crippen molar-refractivity contribution in [1.29, 1.82) is 0 Å². The SMILES string of the molecule is NC(Cc1ccccc1)C(=O)OCn1cnc2[nH][n+](COC(=O)C(N)Cc3ccccc3)cc2c1=O. The van der Waals surface area contributed by atoms with Crippen LogP contribution in [-0.2, 0) is 45.4 Å². The van der Waals surface area contributed by atoms with Crippen LogP contribution >= 0.6 is 0 Å². The van der Waals surface area contributed by atoms with Crippen molar-refractivity contribution in [2.75, 3.05) is 0 Å². The van der Waals surface area contributed by atoms with E-state index in [1.54, 1.807) is 0 Å². The Hall–Kier alpha value is -4.35. The van der Waals surface area contributed by atoms with Crippen LogP contribution in [-0.4, -0.2) is 38.7 Å². The van der Waals surface area contributed by atoms with Gasteiger partial charge < -0.3 is 20.9 Å². The highest BCUT2D eigenvalue weighted by atomic mass is 16.5. The molecule has 36 heavy (non-hydrogen) atoms. The number of aromatic nitrogens is 4. The van der Waals surface area contributed by atoms with Crippen LogP contribution < -0.4 is 21.7 Å². The average molecular weight is 492 g/mol. The number of carbonyl (C=O) groups is 2. The molecular weight excluding hydrogens is 464 g/mol. The van der Waals surface area contributed by atoms with Crippen LogP contribution in [0.2, 0.25) is 0 Å². The second kappa shape index (κ2) is 11.4. The minimum Gasteiger partial charge on any atom is -0.443 e. The normalized spacial score (nSPS) is 12.7. The number of fused-ring (bicyclic) bond motifs is 1. The monoisotopic (exact) mass is 491 g/mol. The molecule has 0 aliphatic heterocycles. The van der Waals surface area contributed by atoms with Gasteiger partial charge in [0.05, 0.1) is 0 Å². The van der Waals surface area contributed by atoms with Crippen molar-refractivity contribution in [3.05, 3.63) is 94.7 Å². The summed E-state index contributed by atoms with van der Waals surface area (Å²) in [6.45, 7) is -0.516. The maximum Gasteiger partial charge on any atom is 0.328 e. The van der Waals surface area contributed by atoms with E-state index < -0.39 is 29.6 Å². The fourth-order valence-electron chi connectivity index (χ4n) is 3.58. The van der Waals surface area contributed by atoms with Crippen molar-refractivity contribution >= 4 is 23.0 Å². The highest BCUT2D eigenvalue weighted by Gasteiger charge is 2.20. The number of carbonyl (C=O) groups excluding carboxylic acids is 2. The van der Waals surface area contributed by atoms with E-state index in [0.29, 0.717) is 12.8 Å². The molecule has 2 heterocycles. The summed E-state index contributed by atoms with van der Waals surface area (Å²) < 4.78 is 13.0. The lowest BCUT2D eigenvalue weighted by Gasteiger charge is -2.12. The maximum atomic E-state index is 12.8. The summed E-state index contributed by atoms with van der Waals surface area (Å²) in [4.78, 5) is 41.5. The molecule has 2 atom stereocenters. The molecule has 0 saturated heterocycles. The molecule has 0 aliphatic carbocycles. The molecule has 0 bridgehead atoms. The van der Waals surface area contributed by atoms with Crippen molar-refractivity contribution in [1.82, 2.24) is 14.6 Å². The number of H-pyrrole nitrogens is 1. The third-order valence-corrected chi connectivity index (χ3v) is 5.50. The lowest BCUT2D eigenvalue weighted by molar-refractivity contribution is -0.775. The summed E-state index contributed by atoms with van der Waals surface area (Å²) in [5, 5.41) is 3.09. The molecule has 0 amide bonds. The summed E-state index contributed by atoms with van der Waals surface area (Å²) in [6, 6.07) is 17.0. The van der Waals surface area contributed by atoms with Gasteiger partial charge >= 0.3 is 18.7 Å². The summed E-state index contributed by atoms with van der Waals surface area (Å²) in [5.74, 6) is -1.21. The largest absolute Gasteiger partial charge is 0.443 e. The summed E-state index contributed by atoms with van der Waals surface area (Å²) >= 11 is 0. The first-order valence-electron chi connectivity index (χ1n) is 11.3. The predicted molar refractivity (Wildman–Crippen MR) is 129 cm³/mol. The Morgan fingerprint density at radius 2 is 1.47 bits per heavy atom. The summed E-state index contributed by atoms with van der Waals surface area (Å²) in [6.07, 6.45) is 3.37. The second-order valence-corrected chi connectivity index (χ2v) is 8.27. The molecule has 0 spiro atoms. The van der Waals surface area contributed by atoms with E-state index in [1.165, 1.54) is 17.2 Å². The molecule has 4 aromatic rings. The molecule has 5 N–H and O–H groups in total. The highest BCUT2D eigenvalue weighted by Crippen LogP contribution is 2.05. The number of hydrogen-bond donors (Lipinski definition) is 3. The molecular formula is C25H27N6O5+. The summed E-state index contributed by atoms with van der Waals surface area (Å²) in [5.41, 5.74) is 13.5. The highest BCUT2D eigenvalue weighted by molar-refractivity contribution is 5.76. The third kappa shape index (κ3) is 6.20. The van der Waals surface area contributed by atoms with Crippen molar-refractivity contribution in [2.24, 2.45) is 11.5 Å². The molecule has 11 nitrogen and oxygen atoms in total. The first kappa shape index (κ1) is 24.8. The molecule has 186 valence electrons. The zero-order valence-electron chi connectivity index (χ0n) is 19.4. The van der Waals surface area contributed by atoms with Gasteiger partial charge in [-0.15, -0.1) is 5.10 Å². The lowest BCUT2D eigenvalue weighted by Crippen LogP contribution is -2.41. The van der Waals surface area contributed by atoms with E-state index >= 15 is 0 Å². The predicted octanol–water partition coefficient (Wildman–Crippen LogP) is 0.154. The van der Waals surface area contributed by atoms with Crippen molar-refractivity contribution in [3.63, 3.8) is 0 Å². The topological polar surface area (TPSA) is 159 Å². The fourth-order valence-corrected chi connectivity index (χ4v) is 3.58. The number of aromatic amines is 1. The maximum absolute atomic E-state index is 12.8.